The van der Waals surface area contributed by atoms with Crippen molar-refractivity contribution < 1.29 is 4.79 Å². The van der Waals surface area contributed by atoms with Crippen LogP contribution in [0.4, 0.5) is 5.95 Å². The second-order valence-corrected chi connectivity index (χ2v) is 9.30. The third-order valence-corrected chi connectivity index (χ3v) is 6.68. The predicted octanol–water partition coefficient (Wildman–Crippen LogP) is 4.38. The molecular formula is C27H32N6O2. The fraction of sp³-hybridized carbons (Fsp3) is 0.370. The molecule has 0 saturated heterocycles. The molecule has 0 fully saturated rings. The van der Waals surface area contributed by atoms with E-state index in [-0.39, 0.29) is 29.5 Å². The third-order valence-electron chi connectivity index (χ3n) is 6.68. The number of rotatable bonds is 7. The minimum absolute atomic E-state index is 0.0108. The Hall–Kier alpha value is -3.81. The van der Waals surface area contributed by atoms with Crippen LogP contribution in [0.25, 0.3) is 16.6 Å². The van der Waals surface area contributed by atoms with Crippen LogP contribution in [0.2, 0.25) is 0 Å². The lowest BCUT2D eigenvalue weighted by Gasteiger charge is -2.25. The SMILES string of the molecule is C=CC(=O)N1CC=C(c2ccc([C@H](C)Nc3ncc4ccc(=O)n([C@@H](C)C(C)C)c4n3)nc2)CC1. The highest BCUT2D eigenvalue weighted by atomic mass is 16.2. The number of anilines is 1. The number of aromatic nitrogens is 4. The van der Waals surface area contributed by atoms with Gasteiger partial charge in [-0.15, -0.1) is 0 Å². The number of nitrogens with one attached hydrogen (secondary N) is 1. The topological polar surface area (TPSA) is 93.0 Å². The zero-order valence-corrected chi connectivity index (χ0v) is 20.7. The van der Waals surface area contributed by atoms with Gasteiger partial charge in [-0.1, -0.05) is 32.6 Å². The van der Waals surface area contributed by atoms with E-state index in [1.165, 1.54) is 11.6 Å². The number of pyridine rings is 2. The molecule has 1 amide bonds. The normalized spacial score (nSPS) is 15.6. The van der Waals surface area contributed by atoms with Crippen molar-refractivity contribution in [3.05, 3.63) is 77.0 Å². The van der Waals surface area contributed by atoms with Crippen molar-refractivity contribution in [1.82, 2.24) is 24.4 Å². The highest BCUT2D eigenvalue weighted by Crippen LogP contribution is 2.25. The van der Waals surface area contributed by atoms with Crippen LogP contribution in [0, 0.1) is 5.92 Å². The lowest BCUT2D eigenvalue weighted by Crippen LogP contribution is -2.33. The molecule has 0 bridgehead atoms. The molecule has 0 spiro atoms. The van der Waals surface area contributed by atoms with E-state index >= 15 is 0 Å². The van der Waals surface area contributed by atoms with Gasteiger partial charge in [-0.05, 0) is 55.5 Å². The Bertz CT molecular complexity index is 1330. The summed E-state index contributed by atoms with van der Waals surface area (Å²) < 4.78 is 1.74. The molecule has 8 nitrogen and oxygen atoms in total. The molecule has 3 aromatic heterocycles. The van der Waals surface area contributed by atoms with Crippen LogP contribution < -0.4 is 10.9 Å². The minimum Gasteiger partial charge on any atom is -0.346 e. The Morgan fingerprint density at radius 1 is 1.11 bits per heavy atom. The maximum Gasteiger partial charge on any atom is 0.252 e. The summed E-state index contributed by atoms with van der Waals surface area (Å²) in [5.74, 6) is 0.699. The minimum atomic E-state index is -0.131. The smallest absolute Gasteiger partial charge is 0.252 e. The molecule has 8 heteroatoms. The molecule has 1 N–H and O–H groups in total. The summed E-state index contributed by atoms with van der Waals surface area (Å²) in [6.45, 7) is 13.0. The van der Waals surface area contributed by atoms with Crippen LogP contribution in [-0.4, -0.2) is 43.4 Å². The summed E-state index contributed by atoms with van der Waals surface area (Å²) in [7, 11) is 0. The molecule has 4 heterocycles. The van der Waals surface area contributed by atoms with E-state index in [4.69, 9.17) is 0 Å². The van der Waals surface area contributed by atoms with E-state index in [1.807, 2.05) is 26.1 Å². The first-order valence-corrected chi connectivity index (χ1v) is 12.0. The van der Waals surface area contributed by atoms with Crippen LogP contribution in [0.5, 0.6) is 0 Å². The van der Waals surface area contributed by atoms with Crippen molar-refractivity contribution in [3.63, 3.8) is 0 Å². The first-order chi connectivity index (χ1) is 16.8. The average Bonchev–Trinajstić information content (AvgIpc) is 2.88. The standard InChI is InChI=1S/C27H32N6O2/c1-6-24(34)32-13-11-20(12-14-32)21-7-9-23(28-15-21)18(4)30-27-29-16-22-8-10-25(35)33(26(22)31-27)19(5)17(2)3/h6-11,15-19H,1,12-14H2,2-5H3,(H,29,30,31)/t18-,19-/m0/s1. The first kappa shape index (κ1) is 24.3. The van der Waals surface area contributed by atoms with Gasteiger partial charge < -0.3 is 10.2 Å². The van der Waals surface area contributed by atoms with Gasteiger partial charge in [0.15, 0.2) is 0 Å². The molecule has 0 unspecified atom stereocenters. The molecule has 35 heavy (non-hydrogen) atoms. The second-order valence-electron chi connectivity index (χ2n) is 9.30. The Kier molecular flexibility index (Phi) is 7.10. The van der Waals surface area contributed by atoms with E-state index in [9.17, 15) is 9.59 Å². The molecule has 4 rings (SSSR count). The van der Waals surface area contributed by atoms with Crippen molar-refractivity contribution in [3.8, 4) is 0 Å². The van der Waals surface area contributed by atoms with E-state index < -0.39 is 0 Å². The Labute approximate surface area is 205 Å². The molecule has 1 aliphatic rings. The summed E-state index contributed by atoms with van der Waals surface area (Å²) in [5, 5.41) is 4.15. The molecule has 3 aromatic rings. The number of hydrogen-bond acceptors (Lipinski definition) is 6. The molecule has 2 atom stereocenters. The van der Waals surface area contributed by atoms with Crippen LogP contribution in [0.1, 0.15) is 57.5 Å². The predicted molar refractivity (Wildman–Crippen MR) is 139 cm³/mol. The fourth-order valence-corrected chi connectivity index (χ4v) is 4.18. The van der Waals surface area contributed by atoms with Gasteiger partial charge in [0, 0.05) is 43.0 Å². The fourth-order valence-electron chi connectivity index (χ4n) is 4.18. The van der Waals surface area contributed by atoms with Crippen molar-refractivity contribution >= 4 is 28.5 Å². The lowest BCUT2D eigenvalue weighted by molar-refractivity contribution is -0.125. The molecule has 0 aliphatic carbocycles. The Morgan fingerprint density at radius 3 is 2.54 bits per heavy atom. The van der Waals surface area contributed by atoms with E-state index in [2.05, 4.69) is 52.8 Å². The maximum absolute atomic E-state index is 12.6. The summed E-state index contributed by atoms with van der Waals surface area (Å²) in [6, 6.07) is 7.27. The number of nitrogens with zero attached hydrogens (tertiary/aromatic N) is 5. The highest BCUT2D eigenvalue weighted by molar-refractivity contribution is 5.87. The van der Waals surface area contributed by atoms with Crippen LogP contribution in [0.3, 0.4) is 0 Å². The van der Waals surface area contributed by atoms with Gasteiger partial charge in [0.05, 0.1) is 11.7 Å². The molecular weight excluding hydrogens is 440 g/mol. The lowest BCUT2D eigenvalue weighted by atomic mass is 10.0. The van der Waals surface area contributed by atoms with Crippen LogP contribution >= 0.6 is 0 Å². The van der Waals surface area contributed by atoms with Crippen molar-refractivity contribution in [2.75, 3.05) is 18.4 Å². The zero-order chi connectivity index (χ0) is 25.1. The van der Waals surface area contributed by atoms with Crippen LogP contribution in [-0.2, 0) is 4.79 Å². The van der Waals surface area contributed by atoms with Crippen molar-refractivity contribution in [2.24, 2.45) is 5.92 Å². The maximum atomic E-state index is 12.6. The van der Waals surface area contributed by atoms with Crippen LogP contribution in [0.15, 0.2) is 60.2 Å². The number of carbonyl (C=O) groups is 1. The van der Waals surface area contributed by atoms with Gasteiger partial charge in [-0.25, -0.2) is 4.98 Å². The molecule has 1 aliphatic heterocycles. The van der Waals surface area contributed by atoms with Crippen molar-refractivity contribution in [2.45, 2.75) is 46.2 Å². The van der Waals surface area contributed by atoms with Gasteiger partial charge in [-0.3, -0.25) is 19.1 Å². The quantitative estimate of drug-likeness (QED) is 0.513. The zero-order valence-electron chi connectivity index (χ0n) is 20.7. The average molecular weight is 473 g/mol. The van der Waals surface area contributed by atoms with Crippen molar-refractivity contribution in [1.29, 1.82) is 0 Å². The Morgan fingerprint density at radius 2 is 1.91 bits per heavy atom. The van der Waals surface area contributed by atoms with E-state index in [1.54, 1.807) is 27.8 Å². The monoisotopic (exact) mass is 472 g/mol. The molecule has 0 saturated carbocycles. The van der Waals surface area contributed by atoms with E-state index in [0.717, 1.165) is 23.1 Å². The third kappa shape index (κ3) is 5.16. The second kappa shape index (κ2) is 10.2. The molecule has 182 valence electrons. The molecule has 0 radical (unpaired) electrons. The summed E-state index contributed by atoms with van der Waals surface area (Å²) in [4.78, 5) is 40.0. The van der Waals surface area contributed by atoms with Gasteiger partial charge in [0.1, 0.15) is 5.65 Å². The highest BCUT2D eigenvalue weighted by Gasteiger charge is 2.18. The number of carbonyl (C=O) groups excluding carboxylic acids is 1. The summed E-state index contributed by atoms with van der Waals surface area (Å²) >= 11 is 0. The summed E-state index contributed by atoms with van der Waals surface area (Å²) in [5.41, 5.74) is 3.66. The van der Waals surface area contributed by atoms with Gasteiger partial charge in [0.25, 0.3) is 5.56 Å². The molecule has 0 aromatic carbocycles. The first-order valence-electron chi connectivity index (χ1n) is 12.0. The van der Waals surface area contributed by atoms with E-state index in [0.29, 0.717) is 24.7 Å². The van der Waals surface area contributed by atoms with Gasteiger partial charge in [-0.2, -0.15) is 4.98 Å². The van der Waals surface area contributed by atoms with Gasteiger partial charge in [0.2, 0.25) is 11.9 Å². The number of amides is 1. The number of hydrogen-bond donors (Lipinski definition) is 1. The number of fused-ring (bicyclic) bond motifs is 1. The van der Waals surface area contributed by atoms with Gasteiger partial charge >= 0.3 is 0 Å². The Balaban J connectivity index is 1.51. The summed E-state index contributed by atoms with van der Waals surface area (Å²) in [6.07, 6.45) is 7.83. The largest absolute Gasteiger partial charge is 0.346 e.